The van der Waals surface area contributed by atoms with Gasteiger partial charge in [-0.25, -0.2) is 0 Å². The Morgan fingerprint density at radius 3 is 3.00 bits per heavy atom. The zero-order chi connectivity index (χ0) is 8.77. The molecule has 0 amide bonds. The van der Waals surface area contributed by atoms with E-state index in [2.05, 4.69) is 0 Å². The minimum Gasteiger partial charge on any atom is -0.480 e. The molecule has 1 saturated carbocycles. The maximum absolute atomic E-state index is 11.5. The molecule has 0 aliphatic heterocycles. The van der Waals surface area contributed by atoms with Crippen molar-refractivity contribution in [2.75, 3.05) is 0 Å². The van der Waals surface area contributed by atoms with Crippen LogP contribution in [-0.2, 0) is 9.59 Å². The van der Waals surface area contributed by atoms with Gasteiger partial charge in [0, 0.05) is 5.92 Å². The lowest BCUT2D eigenvalue weighted by molar-refractivity contribution is -0.150. The SMILES string of the molecule is O=C(O)C12C=CCC(CC1)C2=O. The molecule has 0 heterocycles. The molecule has 12 heavy (non-hydrogen) atoms. The van der Waals surface area contributed by atoms with Gasteiger partial charge in [-0.15, -0.1) is 0 Å². The lowest BCUT2D eigenvalue weighted by atomic mass is 9.80. The van der Waals surface area contributed by atoms with E-state index < -0.39 is 11.4 Å². The molecule has 2 bridgehead atoms. The number of carboxylic acids is 1. The third-order valence-corrected chi connectivity index (χ3v) is 2.90. The van der Waals surface area contributed by atoms with Gasteiger partial charge in [-0.1, -0.05) is 12.2 Å². The third-order valence-electron chi connectivity index (χ3n) is 2.90. The summed E-state index contributed by atoms with van der Waals surface area (Å²) in [4.78, 5) is 22.4. The van der Waals surface area contributed by atoms with Crippen molar-refractivity contribution in [2.45, 2.75) is 19.3 Å². The molecule has 0 aromatic heterocycles. The summed E-state index contributed by atoms with van der Waals surface area (Å²) in [5.74, 6) is -1.09. The van der Waals surface area contributed by atoms with E-state index in [1.807, 2.05) is 6.08 Å². The van der Waals surface area contributed by atoms with Crippen molar-refractivity contribution in [3.05, 3.63) is 12.2 Å². The number of fused-ring (bicyclic) bond motifs is 2. The minimum absolute atomic E-state index is 0.0221. The number of Topliss-reactive ketones (excluding diaryl/α,β-unsaturated/α-hetero) is 1. The van der Waals surface area contributed by atoms with E-state index in [-0.39, 0.29) is 11.7 Å². The molecule has 0 aromatic rings. The summed E-state index contributed by atoms with van der Waals surface area (Å²) in [6.07, 6.45) is 5.35. The second-order valence-corrected chi connectivity index (χ2v) is 3.51. The largest absolute Gasteiger partial charge is 0.480 e. The van der Waals surface area contributed by atoms with Crippen molar-refractivity contribution in [3.63, 3.8) is 0 Å². The molecule has 3 heteroatoms. The first-order valence-corrected chi connectivity index (χ1v) is 4.12. The Balaban J connectivity index is 2.47. The molecule has 2 aliphatic carbocycles. The Morgan fingerprint density at radius 1 is 1.67 bits per heavy atom. The van der Waals surface area contributed by atoms with Crippen molar-refractivity contribution in [3.8, 4) is 0 Å². The molecule has 0 aromatic carbocycles. The summed E-state index contributed by atoms with van der Waals surface area (Å²) in [5, 5.41) is 8.91. The normalized spacial score (nSPS) is 38.7. The Hall–Kier alpha value is -1.12. The Labute approximate surface area is 70.1 Å². The highest BCUT2D eigenvalue weighted by Crippen LogP contribution is 2.44. The summed E-state index contributed by atoms with van der Waals surface area (Å²) in [6, 6.07) is 0. The summed E-state index contributed by atoms with van der Waals surface area (Å²) < 4.78 is 0. The fourth-order valence-corrected chi connectivity index (χ4v) is 2.13. The van der Waals surface area contributed by atoms with Crippen LogP contribution in [0.5, 0.6) is 0 Å². The zero-order valence-corrected chi connectivity index (χ0v) is 6.62. The lowest BCUT2D eigenvalue weighted by Crippen LogP contribution is -2.36. The van der Waals surface area contributed by atoms with Crippen LogP contribution in [0.2, 0.25) is 0 Å². The van der Waals surface area contributed by atoms with E-state index in [0.717, 1.165) is 12.8 Å². The van der Waals surface area contributed by atoms with Crippen LogP contribution < -0.4 is 0 Å². The van der Waals surface area contributed by atoms with Crippen LogP contribution in [0.1, 0.15) is 19.3 Å². The molecular weight excluding hydrogens is 156 g/mol. The third kappa shape index (κ3) is 0.709. The fourth-order valence-electron chi connectivity index (χ4n) is 2.13. The van der Waals surface area contributed by atoms with Gasteiger partial charge < -0.3 is 5.11 Å². The van der Waals surface area contributed by atoms with E-state index in [1.165, 1.54) is 0 Å². The van der Waals surface area contributed by atoms with Crippen molar-refractivity contribution in [1.29, 1.82) is 0 Å². The molecule has 64 valence electrons. The Morgan fingerprint density at radius 2 is 2.42 bits per heavy atom. The number of carbonyl (C=O) groups excluding carboxylic acids is 1. The molecule has 2 unspecified atom stereocenters. The van der Waals surface area contributed by atoms with Crippen LogP contribution in [0.4, 0.5) is 0 Å². The van der Waals surface area contributed by atoms with Crippen molar-refractivity contribution in [1.82, 2.24) is 0 Å². The summed E-state index contributed by atoms with van der Waals surface area (Å²) in [7, 11) is 0. The number of carbonyl (C=O) groups is 2. The molecule has 1 fully saturated rings. The van der Waals surface area contributed by atoms with E-state index in [1.54, 1.807) is 6.08 Å². The first kappa shape index (κ1) is 7.53. The molecule has 1 N–H and O–H groups in total. The van der Waals surface area contributed by atoms with Gasteiger partial charge in [0.2, 0.25) is 0 Å². The second kappa shape index (κ2) is 2.19. The standard InChI is InChI=1S/C9H10O3/c10-7-6-2-1-4-9(7,5-3-6)8(11)12/h1,4,6H,2-3,5H2,(H,11,12). The van der Waals surface area contributed by atoms with Gasteiger partial charge in [-0.05, 0) is 19.3 Å². The number of aliphatic carboxylic acids is 1. The topological polar surface area (TPSA) is 54.4 Å². The maximum Gasteiger partial charge on any atom is 0.321 e. The molecule has 0 spiro atoms. The highest BCUT2D eigenvalue weighted by Gasteiger charge is 2.52. The van der Waals surface area contributed by atoms with Crippen LogP contribution in [-0.4, -0.2) is 16.9 Å². The van der Waals surface area contributed by atoms with Gasteiger partial charge >= 0.3 is 5.97 Å². The van der Waals surface area contributed by atoms with Crippen LogP contribution in [0.25, 0.3) is 0 Å². The number of allylic oxidation sites excluding steroid dienone is 1. The van der Waals surface area contributed by atoms with Gasteiger partial charge in [-0.2, -0.15) is 0 Å². The number of ketones is 1. The van der Waals surface area contributed by atoms with Crippen LogP contribution >= 0.6 is 0 Å². The molecule has 2 rings (SSSR count). The zero-order valence-electron chi connectivity index (χ0n) is 6.62. The molecule has 2 atom stereocenters. The molecular formula is C9H10O3. The highest BCUT2D eigenvalue weighted by molar-refractivity contribution is 6.08. The van der Waals surface area contributed by atoms with Gasteiger partial charge in [0.05, 0.1) is 0 Å². The number of rotatable bonds is 1. The summed E-state index contributed by atoms with van der Waals surface area (Å²) in [5.41, 5.74) is -1.15. The minimum atomic E-state index is -1.15. The van der Waals surface area contributed by atoms with Gasteiger partial charge in [0.25, 0.3) is 0 Å². The summed E-state index contributed by atoms with van der Waals surface area (Å²) in [6.45, 7) is 0. The quantitative estimate of drug-likeness (QED) is 0.467. The summed E-state index contributed by atoms with van der Waals surface area (Å²) >= 11 is 0. The van der Waals surface area contributed by atoms with E-state index in [0.29, 0.717) is 6.42 Å². The number of hydrogen-bond donors (Lipinski definition) is 1. The van der Waals surface area contributed by atoms with Crippen molar-refractivity contribution >= 4 is 11.8 Å². The molecule has 3 nitrogen and oxygen atoms in total. The predicted molar refractivity (Wildman–Crippen MR) is 41.6 cm³/mol. The first-order valence-electron chi connectivity index (χ1n) is 4.12. The Kier molecular flexibility index (Phi) is 1.37. The number of carboxylic acid groups (broad SMARTS) is 1. The second-order valence-electron chi connectivity index (χ2n) is 3.51. The molecule has 2 aliphatic rings. The maximum atomic E-state index is 11.5. The van der Waals surface area contributed by atoms with Crippen LogP contribution in [0.3, 0.4) is 0 Å². The van der Waals surface area contributed by atoms with Crippen molar-refractivity contribution in [2.24, 2.45) is 11.3 Å². The average Bonchev–Trinajstić information content (AvgIpc) is 2.28. The number of hydrogen-bond acceptors (Lipinski definition) is 2. The smallest absolute Gasteiger partial charge is 0.321 e. The average molecular weight is 166 g/mol. The molecule has 0 radical (unpaired) electrons. The van der Waals surface area contributed by atoms with E-state index >= 15 is 0 Å². The highest BCUT2D eigenvalue weighted by atomic mass is 16.4. The Bertz CT molecular complexity index is 279. The monoisotopic (exact) mass is 166 g/mol. The first-order chi connectivity index (χ1) is 5.67. The lowest BCUT2D eigenvalue weighted by Gasteiger charge is -2.21. The van der Waals surface area contributed by atoms with E-state index in [9.17, 15) is 9.59 Å². The van der Waals surface area contributed by atoms with Gasteiger partial charge in [0.15, 0.2) is 5.78 Å². The van der Waals surface area contributed by atoms with Gasteiger partial charge in [0.1, 0.15) is 5.41 Å². The van der Waals surface area contributed by atoms with Crippen molar-refractivity contribution < 1.29 is 14.7 Å². The van der Waals surface area contributed by atoms with Crippen LogP contribution in [0.15, 0.2) is 12.2 Å². The van der Waals surface area contributed by atoms with Crippen LogP contribution in [0, 0.1) is 11.3 Å². The fraction of sp³-hybridized carbons (Fsp3) is 0.556. The van der Waals surface area contributed by atoms with Gasteiger partial charge in [-0.3, -0.25) is 9.59 Å². The van der Waals surface area contributed by atoms with E-state index in [4.69, 9.17) is 5.11 Å². The molecule has 0 saturated heterocycles. The predicted octanol–water partition coefficient (Wildman–Crippen LogP) is 0.996.